The van der Waals surface area contributed by atoms with Crippen LogP contribution in [0, 0.1) is 5.92 Å². The second-order valence-corrected chi connectivity index (χ2v) is 6.48. The molecule has 2 fully saturated rings. The van der Waals surface area contributed by atoms with E-state index in [1.165, 1.54) is 58.2 Å². The summed E-state index contributed by atoms with van der Waals surface area (Å²) in [7, 11) is 0. The molecule has 2 unspecified atom stereocenters. The Morgan fingerprint density at radius 2 is 2.00 bits per heavy atom. The van der Waals surface area contributed by atoms with Crippen molar-refractivity contribution >= 4 is 0 Å². The van der Waals surface area contributed by atoms with E-state index in [1.54, 1.807) is 0 Å². The minimum absolute atomic E-state index is 0.532. The maximum Gasteiger partial charge on any atom is 0.0181 e. The standard InChI is InChI=1S/C15H30N2/c1-4-10-16-14-7-11-17(12-13(14)2)15(3)8-5-6-9-15/h13-14,16H,4-12H2,1-3H3. The van der Waals surface area contributed by atoms with Crippen LogP contribution in [0.25, 0.3) is 0 Å². The van der Waals surface area contributed by atoms with E-state index >= 15 is 0 Å². The lowest BCUT2D eigenvalue weighted by molar-refractivity contribution is 0.0471. The molecule has 0 bridgehead atoms. The van der Waals surface area contributed by atoms with Crippen LogP contribution < -0.4 is 5.32 Å². The Labute approximate surface area is 107 Å². The van der Waals surface area contributed by atoms with Gasteiger partial charge in [-0.3, -0.25) is 4.90 Å². The van der Waals surface area contributed by atoms with Gasteiger partial charge in [0.1, 0.15) is 0 Å². The first kappa shape index (κ1) is 13.4. The van der Waals surface area contributed by atoms with Crippen LogP contribution >= 0.6 is 0 Å². The molecular weight excluding hydrogens is 208 g/mol. The summed E-state index contributed by atoms with van der Waals surface area (Å²) in [5.41, 5.74) is 0.532. The van der Waals surface area contributed by atoms with E-state index in [4.69, 9.17) is 0 Å². The van der Waals surface area contributed by atoms with Crippen LogP contribution in [0.1, 0.15) is 59.3 Å². The summed E-state index contributed by atoms with van der Waals surface area (Å²) < 4.78 is 0. The molecule has 1 aliphatic carbocycles. The van der Waals surface area contributed by atoms with Crippen LogP contribution in [-0.4, -0.2) is 36.1 Å². The van der Waals surface area contributed by atoms with Crippen molar-refractivity contribution in [2.75, 3.05) is 19.6 Å². The average Bonchev–Trinajstić information content (AvgIpc) is 2.76. The molecule has 1 N–H and O–H groups in total. The summed E-state index contributed by atoms with van der Waals surface area (Å²) in [5, 5.41) is 3.72. The fraction of sp³-hybridized carbons (Fsp3) is 1.00. The predicted molar refractivity (Wildman–Crippen MR) is 74.3 cm³/mol. The van der Waals surface area contributed by atoms with Crippen molar-refractivity contribution in [1.82, 2.24) is 10.2 Å². The van der Waals surface area contributed by atoms with E-state index in [2.05, 4.69) is 31.0 Å². The molecule has 2 heteroatoms. The van der Waals surface area contributed by atoms with Crippen LogP contribution in [0.2, 0.25) is 0 Å². The van der Waals surface area contributed by atoms with E-state index < -0.39 is 0 Å². The summed E-state index contributed by atoms with van der Waals surface area (Å²) in [6, 6.07) is 0.760. The summed E-state index contributed by atoms with van der Waals surface area (Å²) >= 11 is 0. The third kappa shape index (κ3) is 3.03. The largest absolute Gasteiger partial charge is 0.314 e. The lowest BCUT2D eigenvalue weighted by atomic mass is 9.88. The molecule has 0 amide bonds. The van der Waals surface area contributed by atoms with Gasteiger partial charge in [-0.15, -0.1) is 0 Å². The Morgan fingerprint density at radius 1 is 1.29 bits per heavy atom. The fourth-order valence-corrected chi connectivity index (χ4v) is 3.72. The zero-order chi connectivity index (χ0) is 12.3. The van der Waals surface area contributed by atoms with Gasteiger partial charge in [0.15, 0.2) is 0 Å². The maximum atomic E-state index is 3.72. The molecule has 2 aliphatic rings. The molecule has 17 heavy (non-hydrogen) atoms. The monoisotopic (exact) mass is 238 g/mol. The molecule has 1 saturated carbocycles. The van der Waals surface area contributed by atoms with E-state index in [0.717, 1.165) is 12.0 Å². The van der Waals surface area contributed by atoms with Gasteiger partial charge in [-0.05, 0) is 45.1 Å². The minimum atomic E-state index is 0.532. The van der Waals surface area contributed by atoms with Crippen molar-refractivity contribution < 1.29 is 0 Å². The van der Waals surface area contributed by atoms with Crippen LogP contribution in [0.4, 0.5) is 0 Å². The number of hydrogen-bond donors (Lipinski definition) is 1. The molecule has 1 aliphatic heterocycles. The quantitative estimate of drug-likeness (QED) is 0.810. The normalized spacial score (nSPS) is 34.1. The van der Waals surface area contributed by atoms with E-state index in [0.29, 0.717) is 5.54 Å². The van der Waals surface area contributed by atoms with Crippen LogP contribution in [0.3, 0.4) is 0 Å². The number of rotatable bonds is 4. The van der Waals surface area contributed by atoms with E-state index in [1.807, 2.05) is 0 Å². The molecule has 0 radical (unpaired) electrons. The first-order chi connectivity index (χ1) is 8.15. The lowest BCUT2D eigenvalue weighted by Crippen LogP contribution is -2.55. The molecule has 0 aromatic heterocycles. The van der Waals surface area contributed by atoms with Crippen molar-refractivity contribution in [1.29, 1.82) is 0 Å². The summed E-state index contributed by atoms with van der Waals surface area (Å²) in [4.78, 5) is 2.79. The number of likely N-dealkylation sites (tertiary alicyclic amines) is 1. The molecule has 2 atom stereocenters. The van der Waals surface area contributed by atoms with Gasteiger partial charge in [0.25, 0.3) is 0 Å². The van der Waals surface area contributed by atoms with Gasteiger partial charge in [-0.1, -0.05) is 26.7 Å². The smallest absolute Gasteiger partial charge is 0.0181 e. The molecule has 1 saturated heterocycles. The van der Waals surface area contributed by atoms with Gasteiger partial charge in [-0.2, -0.15) is 0 Å². The predicted octanol–water partition coefficient (Wildman–Crippen LogP) is 3.03. The third-order valence-electron chi connectivity index (χ3n) is 5.01. The highest BCUT2D eigenvalue weighted by Crippen LogP contribution is 2.37. The first-order valence-electron chi connectivity index (χ1n) is 7.64. The second-order valence-electron chi connectivity index (χ2n) is 6.48. The maximum absolute atomic E-state index is 3.72. The molecule has 2 nitrogen and oxygen atoms in total. The van der Waals surface area contributed by atoms with Gasteiger partial charge >= 0.3 is 0 Å². The Kier molecular flexibility index (Phi) is 4.48. The molecular formula is C15H30N2. The average molecular weight is 238 g/mol. The van der Waals surface area contributed by atoms with Gasteiger partial charge < -0.3 is 5.32 Å². The first-order valence-corrected chi connectivity index (χ1v) is 7.64. The van der Waals surface area contributed by atoms with Crippen LogP contribution in [-0.2, 0) is 0 Å². The topological polar surface area (TPSA) is 15.3 Å². The number of nitrogens with zero attached hydrogens (tertiary/aromatic N) is 1. The van der Waals surface area contributed by atoms with Crippen molar-refractivity contribution in [3.8, 4) is 0 Å². The Balaban J connectivity index is 1.86. The van der Waals surface area contributed by atoms with Gasteiger partial charge in [0.2, 0.25) is 0 Å². The van der Waals surface area contributed by atoms with Crippen molar-refractivity contribution in [2.24, 2.45) is 5.92 Å². The Morgan fingerprint density at radius 3 is 2.59 bits per heavy atom. The highest BCUT2D eigenvalue weighted by Gasteiger charge is 2.38. The summed E-state index contributed by atoms with van der Waals surface area (Å²) in [6.07, 6.45) is 8.33. The van der Waals surface area contributed by atoms with Crippen molar-refractivity contribution in [2.45, 2.75) is 70.9 Å². The highest BCUT2D eigenvalue weighted by molar-refractivity contribution is 4.95. The fourth-order valence-electron chi connectivity index (χ4n) is 3.72. The van der Waals surface area contributed by atoms with Gasteiger partial charge in [-0.25, -0.2) is 0 Å². The van der Waals surface area contributed by atoms with E-state index in [-0.39, 0.29) is 0 Å². The van der Waals surface area contributed by atoms with E-state index in [9.17, 15) is 0 Å². The molecule has 2 rings (SSSR count). The third-order valence-corrected chi connectivity index (χ3v) is 5.01. The molecule has 1 heterocycles. The minimum Gasteiger partial charge on any atom is -0.314 e. The van der Waals surface area contributed by atoms with Gasteiger partial charge in [0.05, 0.1) is 0 Å². The Bertz CT molecular complexity index is 233. The SMILES string of the molecule is CCCNC1CCN(C2(C)CCCC2)CC1C. The zero-order valence-corrected chi connectivity index (χ0v) is 12.0. The van der Waals surface area contributed by atoms with Crippen LogP contribution in [0.15, 0.2) is 0 Å². The lowest BCUT2D eigenvalue weighted by Gasteiger charge is -2.46. The number of piperidine rings is 1. The second kappa shape index (κ2) is 5.71. The number of nitrogens with one attached hydrogen (secondary N) is 1. The Hall–Kier alpha value is -0.0800. The molecule has 0 aromatic rings. The zero-order valence-electron chi connectivity index (χ0n) is 12.0. The summed E-state index contributed by atoms with van der Waals surface area (Å²) in [5.74, 6) is 0.813. The number of hydrogen-bond acceptors (Lipinski definition) is 2. The van der Waals surface area contributed by atoms with Crippen molar-refractivity contribution in [3.63, 3.8) is 0 Å². The molecule has 0 aromatic carbocycles. The van der Waals surface area contributed by atoms with Crippen LogP contribution in [0.5, 0.6) is 0 Å². The molecule has 0 spiro atoms. The van der Waals surface area contributed by atoms with Crippen molar-refractivity contribution in [3.05, 3.63) is 0 Å². The van der Waals surface area contributed by atoms with Gasteiger partial charge in [0, 0.05) is 24.7 Å². The summed E-state index contributed by atoms with van der Waals surface area (Å²) in [6.45, 7) is 11.0. The highest BCUT2D eigenvalue weighted by atomic mass is 15.2. The molecule has 100 valence electrons.